The van der Waals surface area contributed by atoms with Crippen molar-refractivity contribution in [1.29, 1.82) is 0 Å². The summed E-state index contributed by atoms with van der Waals surface area (Å²) in [6, 6.07) is 0. The maximum Gasteiger partial charge on any atom is 0.337 e. The van der Waals surface area contributed by atoms with E-state index in [9.17, 15) is 4.79 Å². The molecule has 72 valence electrons. The normalized spacial score (nSPS) is 12.7. The van der Waals surface area contributed by atoms with Crippen LogP contribution in [-0.4, -0.2) is 13.1 Å². The smallest absolute Gasteiger partial charge is 0.337 e. The fourth-order valence-electron chi connectivity index (χ4n) is 0.828. The van der Waals surface area contributed by atoms with E-state index in [1.54, 1.807) is 6.08 Å². The Kier molecular flexibility index (Phi) is 6.60. The lowest BCUT2D eigenvalue weighted by molar-refractivity contribution is -0.135. The van der Waals surface area contributed by atoms with Gasteiger partial charge >= 0.3 is 5.97 Å². The van der Waals surface area contributed by atoms with Gasteiger partial charge in [-0.15, -0.1) is 0 Å². The van der Waals surface area contributed by atoms with Crippen molar-refractivity contribution in [3.05, 3.63) is 36.0 Å². The highest BCUT2D eigenvalue weighted by Gasteiger charge is 2.03. The number of carbonyl (C=O) groups excluding carboxylic acids is 1. The summed E-state index contributed by atoms with van der Waals surface area (Å²) in [4.78, 5) is 11.1. The summed E-state index contributed by atoms with van der Waals surface area (Å²) in [6.45, 7) is 3.90. The van der Waals surface area contributed by atoms with Crippen molar-refractivity contribution in [2.45, 2.75) is 20.3 Å². The molecular weight excluding hydrogens is 164 g/mol. The molecule has 2 nitrogen and oxygen atoms in total. The molecule has 0 saturated carbocycles. The molecule has 0 radical (unpaired) electrons. The molecule has 0 rings (SSSR count). The first kappa shape index (κ1) is 11.7. The molecule has 0 aliphatic heterocycles. The van der Waals surface area contributed by atoms with Gasteiger partial charge in [0.25, 0.3) is 0 Å². The highest BCUT2D eigenvalue weighted by atomic mass is 16.5. The van der Waals surface area contributed by atoms with E-state index < -0.39 is 0 Å². The Bertz CT molecular complexity index is 234. The van der Waals surface area contributed by atoms with Crippen LogP contribution in [0.5, 0.6) is 0 Å². The van der Waals surface area contributed by atoms with E-state index in [1.807, 2.05) is 38.2 Å². The molecule has 0 fully saturated rings. The molecule has 0 amide bonds. The minimum Gasteiger partial charge on any atom is -0.465 e. The highest BCUT2D eigenvalue weighted by Crippen LogP contribution is 2.01. The first-order valence-corrected chi connectivity index (χ1v) is 4.34. The molecule has 0 saturated heterocycles. The first-order chi connectivity index (χ1) is 6.26. The van der Waals surface area contributed by atoms with Crippen LogP contribution in [0, 0.1) is 0 Å². The molecule has 0 aromatic heterocycles. The van der Waals surface area contributed by atoms with Crippen LogP contribution in [0.4, 0.5) is 0 Å². The summed E-state index contributed by atoms with van der Waals surface area (Å²) in [5.74, 6) is -0.289. The molecule has 0 atom stereocenters. The Morgan fingerprint density at radius 2 is 2.08 bits per heavy atom. The molecule has 0 aliphatic rings. The average Bonchev–Trinajstić information content (AvgIpc) is 2.16. The monoisotopic (exact) mass is 180 g/mol. The highest BCUT2D eigenvalue weighted by molar-refractivity contribution is 5.91. The van der Waals surface area contributed by atoms with Gasteiger partial charge in [0, 0.05) is 0 Å². The van der Waals surface area contributed by atoms with Gasteiger partial charge in [-0.1, -0.05) is 31.2 Å². The zero-order chi connectivity index (χ0) is 10.1. The molecule has 0 aromatic carbocycles. The topological polar surface area (TPSA) is 26.3 Å². The van der Waals surface area contributed by atoms with Crippen molar-refractivity contribution >= 4 is 5.97 Å². The van der Waals surface area contributed by atoms with Crippen molar-refractivity contribution in [3.63, 3.8) is 0 Å². The van der Waals surface area contributed by atoms with Crippen molar-refractivity contribution in [3.8, 4) is 0 Å². The fourth-order valence-corrected chi connectivity index (χ4v) is 0.828. The van der Waals surface area contributed by atoms with Gasteiger partial charge in [0.15, 0.2) is 0 Å². The lowest BCUT2D eigenvalue weighted by atomic mass is 10.2. The maximum atomic E-state index is 11.1. The molecular formula is C11H16O2. The van der Waals surface area contributed by atoms with Crippen molar-refractivity contribution < 1.29 is 9.53 Å². The maximum absolute atomic E-state index is 11.1. The zero-order valence-electron chi connectivity index (χ0n) is 8.41. The van der Waals surface area contributed by atoms with Crippen molar-refractivity contribution in [2.75, 3.05) is 7.11 Å². The molecule has 0 spiro atoms. The van der Waals surface area contributed by atoms with Gasteiger partial charge in [-0.3, -0.25) is 0 Å². The standard InChI is InChI=1S/C11H16O2/c1-4-6-7-9-10(8-5-2)11(12)13-3/h4,6-9H,5H2,1-3H3/b6-4-,9-7-,10-8+. The SMILES string of the molecule is C\C=C/C=C\C(=C/CC)C(=O)OC. The Hall–Kier alpha value is -1.31. The number of hydrogen-bond donors (Lipinski definition) is 0. The lowest BCUT2D eigenvalue weighted by Gasteiger charge is -1.97. The summed E-state index contributed by atoms with van der Waals surface area (Å²) >= 11 is 0. The number of allylic oxidation sites excluding steroid dienone is 4. The zero-order valence-corrected chi connectivity index (χ0v) is 8.41. The van der Waals surface area contributed by atoms with Gasteiger partial charge in [-0.05, 0) is 19.4 Å². The predicted molar refractivity (Wildman–Crippen MR) is 54.3 cm³/mol. The molecule has 0 N–H and O–H groups in total. The Labute approximate surface area is 79.6 Å². The molecule has 0 unspecified atom stereocenters. The van der Waals surface area contributed by atoms with Gasteiger partial charge < -0.3 is 4.74 Å². The Morgan fingerprint density at radius 3 is 2.54 bits per heavy atom. The van der Waals surface area contributed by atoms with Gasteiger partial charge in [-0.2, -0.15) is 0 Å². The number of hydrogen-bond acceptors (Lipinski definition) is 2. The number of carbonyl (C=O) groups is 1. The van der Waals surface area contributed by atoms with Crippen molar-refractivity contribution in [1.82, 2.24) is 0 Å². The molecule has 13 heavy (non-hydrogen) atoms. The third-order valence-electron chi connectivity index (χ3n) is 1.42. The van der Waals surface area contributed by atoms with Crippen LogP contribution < -0.4 is 0 Å². The fraction of sp³-hybridized carbons (Fsp3) is 0.364. The summed E-state index contributed by atoms with van der Waals surface area (Å²) in [6.07, 6.45) is 9.99. The quantitative estimate of drug-likeness (QED) is 0.377. The van der Waals surface area contributed by atoms with E-state index in [0.29, 0.717) is 5.57 Å². The van der Waals surface area contributed by atoms with Crippen LogP contribution in [0.3, 0.4) is 0 Å². The van der Waals surface area contributed by atoms with Crippen LogP contribution in [0.2, 0.25) is 0 Å². The second-order valence-electron chi connectivity index (χ2n) is 2.44. The lowest BCUT2D eigenvalue weighted by Crippen LogP contribution is -2.02. The third kappa shape index (κ3) is 5.01. The molecule has 0 aromatic rings. The second-order valence-corrected chi connectivity index (χ2v) is 2.44. The molecule has 0 heterocycles. The van der Waals surface area contributed by atoms with Crippen molar-refractivity contribution in [2.24, 2.45) is 0 Å². The largest absolute Gasteiger partial charge is 0.465 e. The predicted octanol–water partition coefficient (Wildman–Crippen LogP) is 2.63. The van der Waals surface area contributed by atoms with Crippen LogP contribution in [0.25, 0.3) is 0 Å². The van der Waals surface area contributed by atoms with Gasteiger partial charge in [0.05, 0.1) is 12.7 Å². The van der Waals surface area contributed by atoms with E-state index in [-0.39, 0.29) is 5.97 Å². The van der Waals surface area contributed by atoms with E-state index in [2.05, 4.69) is 4.74 Å². The van der Waals surface area contributed by atoms with Crippen LogP contribution >= 0.6 is 0 Å². The Morgan fingerprint density at radius 1 is 1.38 bits per heavy atom. The van der Waals surface area contributed by atoms with E-state index >= 15 is 0 Å². The second kappa shape index (κ2) is 7.35. The molecule has 0 aliphatic carbocycles. The van der Waals surface area contributed by atoms with Gasteiger partial charge in [0.1, 0.15) is 0 Å². The third-order valence-corrected chi connectivity index (χ3v) is 1.42. The van der Waals surface area contributed by atoms with E-state index in [0.717, 1.165) is 6.42 Å². The van der Waals surface area contributed by atoms with Crippen LogP contribution in [0.1, 0.15) is 20.3 Å². The van der Waals surface area contributed by atoms with E-state index in [4.69, 9.17) is 0 Å². The summed E-state index contributed by atoms with van der Waals surface area (Å²) in [5, 5.41) is 0. The van der Waals surface area contributed by atoms with E-state index in [1.165, 1.54) is 7.11 Å². The molecule has 2 heteroatoms. The summed E-state index contributed by atoms with van der Waals surface area (Å²) in [5.41, 5.74) is 0.600. The minimum atomic E-state index is -0.289. The molecule has 0 bridgehead atoms. The van der Waals surface area contributed by atoms with Gasteiger partial charge in [0.2, 0.25) is 0 Å². The summed E-state index contributed by atoms with van der Waals surface area (Å²) < 4.78 is 4.61. The number of ether oxygens (including phenoxy) is 1. The number of rotatable bonds is 4. The van der Waals surface area contributed by atoms with Crippen LogP contribution in [0.15, 0.2) is 36.0 Å². The average molecular weight is 180 g/mol. The minimum absolute atomic E-state index is 0.289. The van der Waals surface area contributed by atoms with Gasteiger partial charge in [-0.25, -0.2) is 4.79 Å². The number of methoxy groups -OCH3 is 1. The van der Waals surface area contributed by atoms with Crippen LogP contribution in [-0.2, 0) is 9.53 Å². The first-order valence-electron chi connectivity index (χ1n) is 4.34. The number of esters is 1. The Balaban J connectivity index is 4.44. The summed E-state index contributed by atoms with van der Waals surface area (Å²) in [7, 11) is 1.38.